The first kappa shape index (κ1) is 19.6. The average Bonchev–Trinajstić information content (AvgIpc) is 3.35. The van der Waals surface area contributed by atoms with Gasteiger partial charge in [0.25, 0.3) is 0 Å². The van der Waals surface area contributed by atoms with E-state index in [2.05, 4.69) is 29.4 Å². The molecule has 4 rings (SSSR count). The molecule has 3 heterocycles. The number of amides is 1. The van der Waals surface area contributed by atoms with Crippen molar-refractivity contribution in [2.24, 2.45) is 17.6 Å². The molecule has 0 spiro atoms. The Labute approximate surface area is 170 Å². The maximum absolute atomic E-state index is 11.5. The molecular weight excluding hydrogens is 372 g/mol. The van der Waals surface area contributed by atoms with Gasteiger partial charge >= 0.3 is 0 Å². The van der Waals surface area contributed by atoms with Gasteiger partial charge in [-0.2, -0.15) is 0 Å². The maximum atomic E-state index is 11.5. The van der Waals surface area contributed by atoms with Gasteiger partial charge in [-0.25, -0.2) is 4.68 Å². The van der Waals surface area contributed by atoms with Crippen LogP contribution in [0, 0.1) is 11.8 Å². The summed E-state index contributed by atoms with van der Waals surface area (Å²) in [4.78, 5) is 13.0. The van der Waals surface area contributed by atoms with Gasteiger partial charge in [0.05, 0.1) is 19.6 Å². The average molecular weight is 401 g/mol. The van der Waals surface area contributed by atoms with E-state index in [1.54, 1.807) is 0 Å². The quantitative estimate of drug-likeness (QED) is 0.691. The molecule has 1 atom stereocenters. The lowest BCUT2D eigenvalue weighted by Gasteiger charge is -2.34. The van der Waals surface area contributed by atoms with E-state index in [9.17, 15) is 4.79 Å². The van der Waals surface area contributed by atoms with Crippen molar-refractivity contribution in [2.75, 3.05) is 19.9 Å². The van der Waals surface area contributed by atoms with E-state index in [1.807, 2.05) is 22.9 Å². The maximum Gasteiger partial charge on any atom is 0.231 e. The van der Waals surface area contributed by atoms with Gasteiger partial charge in [-0.05, 0) is 34.0 Å². The molecule has 1 saturated heterocycles. The largest absolute Gasteiger partial charge is 0.454 e. The molecule has 156 valence electrons. The fourth-order valence-electron chi connectivity index (χ4n) is 4.33. The molecule has 0 saturated carbocycles. The zero-order valence-electron chi connectivity index (χ0n) is 17.0. The third-order valence-electron chi connectivity index (χ3n) is 5.87. The van der Waals surface area contributed by atoms with E-state index in [1.165, 1.54) is 4.90 Å². The van der Waals surface area contributed by atoms with Gasteiger partial charge in [-0.3, -0.25) is 4.79 Å². The zero-order valence-corrected chi connectivity index (χ0v) is 17.0. The van der Waals surface area contributed by atoms with E-state index in [0.29, 0.717) is 12.5 Å². The van der Waals surface area contributed by atoms with Crippen LogP contribution in [0.2, 0.25) is 0 Å². The van der Waals surface area contributed by atoms with Crippen LogP contribution in [0.25, 0.3) is 0 Å². The van der Waals surface area contributed by atoms with Crippen LogP contribution in [0.4, 0.5) is 0 Å². The number of tetrazole rings is 1. The van der Waals surface area contributed by atoms with Crippen LogP contribution in [-0.4, -0.2) is 46.0 Å². The number of likely N-dealkylation sites (tertiary alicyclic amines) is 1. The number of nitrogens with two attached hydrogens (primary N) is 1. The minimum absolute atomic E-state index is 0.0110. The van der Waals surface area contributed by atoms with Crippen LogP contribution in [0.3, 0.4) is 0 Å². The first-order chi connectivity index (χ1) is 14.0. The number of carbonyl (C=O) groups excluding carboxylic acids is 1. The monoisotopic (exact) mass is 401 g/mol. The number of fused-ring (bicyclic) bond motifs is 1. The lowest BCUT2D eigenvalue weighted by atomic mass is 9.93. The molecule has 0 bridgehead atoms. The molecule has 1 aromatic carbocycles. The molecule has 29 heavy (non-hydrogen) atoms. The number of hydrogen-bond donors (Lipinski definition) is 2. The number of aromatic nitrogens is 4. The number of hydrogen-bond acceptors (Lipinski definition) is 6. The minimum atomic E-state index is -0.183. The highest BCUT2D eigenvalue weighted by Crippen LogP contribution is 2.32. The van der Waals surface area contributed by atoms with Crippen LogP contribution in [0.5, 0.6) is 11.5 Å². The second-order valence-corrected chi connectivity index (χ2v) is 8.40. The van der Waals surface area contributed by atoms with Gasteiger partial charge in [0.1, 0.15) is 6.04 Å². The molecule has 1 aromatic heterocycles. The smallest absolute Gasteiger partial charge is 0.231 e. The van der Waals surface area contributed by atoms with Crippen molar-refractivity contribution in [1.29, 1.82) is 0 Å². The summed E-state index contributed by atoms with van der Waals surface area (Å²) in [6.07, 6.45) is 2.63. The van der Waals surface area contributed by atoms with Crippen molar-refractivity contribution in [3.05, 3.63) is 29.6 Å². The third-order valence-corrected chi connectivity index (χ3v) is 5.87. The Balaban J connectivity index is 1.53. The van der Waals surface area contributed by atoms with Crippen LogP contribution in [-0.2, 0) is 11.3 Å². The number of carbonyl (C=O) groups is 1. The van der Waals surface area contributed by atoms with Crippen molar-refractivity contribution in [3.8, 4) is 11.5 Å². The van der Waals surface area contributed by atoms with Gasteiger partial charge < -0.3 is 20.1 Å². The third kappa shape index (κ3) is 4.34. The summed E-state index contributed by atoms with van der Waals surface area (Å²) in [6, 6.07) is 6.11. The summed E-state index contributed by atoms with van der Waals surface area (Å²) in [5.41, 5.74) is 6.57. The first-order valence-corrected chi connectivity index (χ1v) is 10.3. The van der Waals surface area contributed by atoms with Gasteiger partial charge in [-0.1, -0.05) is 19.9 Å². The molecule has 0 aliphatic carbocycles. The summed E-state index contributed by atoms with van der Waals surface area (Å²) < 4.78 is 12.8. The number of nitrogens with one attached hydrogen (secondary N) is 1. The Hall–Kier alpha value is -2.68. The molecule has 9 nitrogen and oxygen atoms in total. The number of piperidine rings is 1. The van der Waals surface area contributed by atoms with E-state index in [-0.39, 0.29) is 24.7 Å². The van der Waals surface area contributed by atoms with Gasteiger partial charge in [0.2, 0.25) is 18.5 Å². The van der Waals surface area contributed by atoms with Crippen molar-refractivity contribution in [2.45, 2.75) is 45.7 Å². The SMILES string of the molecule is CC(C)C[C@@H](c1nnnn1Cc1ccc2c(c1)OCO2)[NH+]1CCC(C(N)=O)CC1. The molecule has 1 fully saturated rings. The number of rotatable bonds is 7. The highest BCUT2D eigenvalue weighted by atomic mass is 16.7. The van der Waals surface area contributed by atoms with Crippen molar-refractivity contribution < 1.29 is 19.2 Å². The lowest BCUT2D eigenvalue weighted by Crippen LogP contribution is -3.13. The Morgan fingerprint density at radius 3 is 2.76 bits per heavy atom. The molecular formula is C20H29N6O3+. The number of quaternary nitrogens is 1. The van der Waals surface area contributed by atoms with E-state index < -0.39 is 0 Å². The molecule has 0 unspecified atom stereocenters. The summed E-state index contributed by atoms with van der Waals surface area (Å²) in [7, 11) is 0. The number of ether oxygens (including phenoxy) is 2. The summed E-state index contributed by atoms with van der Waals surface area (Å²) in [5.74, 6) is 2.74. The fraction of sp³-hybridized carbons (Fsp3) is 0.600. The van der Waals surface area contributed by atoms with E-state index in [4.69, 9.17) is 15.2 Å². The standard InChI is InChI=1S/C20H28N6O3/c1-13(2)9-16(25-7-5-15(6-8-25)19(21)27)20-22-23-24-26(20)11-14-3-4-17-18(10-14)29-12-28-17/h3-4,10,13,15-16H,5-9,11-12H2,1-2H3,(H2,21,27)/p+1/t16-/m0/s1. The predicted octanol–water partition coefficient (Wildman–Crippen LogP) is 0.318. The first-order valence-electron chi connectivity index (χ1n) is 10.3. The second kappa shape index (κ2) is 8.36. The Kier molecular flexibility index (Phi) is 5.66. The van der Waals surface area contributed by atoms with Crippen LogP contribution < -0.4 is 20.1 Å². The predicted molar refractivity (Wildman–Crippen MR) is 104 cm³/mol. The Bertz CT molecular complexity index is 860. The Morgan fingerprint density at radius 1 is 1.28 bits per heavy atom. The molecule has 0 radical (unpaired) electrons. The van der Waals surface area contributed by atoms with E-state index >= 15 is 0 Å². The number of benzene rings is 1. The van der Waals surface area contributed by atoms with Crippen LogP contribution in [0.1, 0.15) is 50.5 Å². The summed E-state index contributed by atoms with van der Waals surface area (Å²) in [6.45, 7) is 7.08. The fourth-order valence-corrected chi connectivity index (χ4v) is 4.33. The molecule has 2 aliphatic heterocycles. The van der Waals surface area contributed by atoms with E-state index in [0.717, 1.165) is 55.2 Å². The molecule has 1 amide bonds. The topological polar surface area (TPSA) is 110 Å². The molecule has 2 aromatic rings. The number of primary amides is 1. The Morgan fingerprint density at radius 2 is 2.03 bits per heavy atom. The highest BCUT2D eigenvalue weighted by molar-refractivity contribution is 5.76. The highest BCUT2D eigenvalue weighted by Gasteiger charge is 2.35. The zero-order chi connectivity index (χ0) is 20.4. The normalized spacial score (nSPS) is 22.0. The van der Waals surface area contributed by atoms with Gasteiger partial charge in [0.15, 0.2) is 11.5 Å². The van der Waals surface area contributed by atoms with Crippen molar-refractivity contribution in [3.63, 3.8) is 0 Å². The molecule has 3 N–H and O–H groups in total. The van der Waals surface area contributed by atoms with Crippen LogP contribution in [0.15, 0.2) is 18.2 Å². The minimum Gasteiger partial charge on any atom is -0.454 e. The molecule has 9 heteroatoms. The van der Waals surface area contributed by atoms with Gasteiger partial charge in [0, 0.05) is 25.2 Å². The second-order valence-electron chi connectivity index (χ2n) is 8.40. The van der Waals surface area contributed by atoms with Crippen molar-refractivity contribution >= 4 is 5.91 Å². The van der Waals surface area contributed by atoms with Crippen molar-refractivity contribution in [1.82, 2.24) is 20.2 Å². The molecule has 2 aliphatic rings. The van der Waals surface area contributed by atoms with Crippen LogP contribution >= 0.6 is 0 Å². The van der Waals surface area contributed by atoms with Gasteiger partial charge in [-0.15, -0.1) is 5.10 Å². The lowest BCUT2D eigenvalue weighted by molar-refractivity contribution is -0.938. The number of nitrogens with zero attached hydrogens (tertiary/aromatic N) is 4. The summed E-state index contributed by atoms with van der Waals surface area (Å²) in [5, 5.41) is 12.6. The summed E-state index contributed by atoms with van der Waals surface area (Å²) >= 11 is 0.